The van der Waals surface area contributed by atoms with Gasteiger partial charge in [0.25, 0.3) is 0 Å². The van der Waals surface area contributed by atoms with Crippen LogP contribution in [0.25, 0.3) is 0 Å². The molecule has 0 aromatic heterocycles. The summed E-state index contributed by atoms with van der Waals surface area (Å²) < 4.78 is 32.7. The van der Waals surface area contributed by atoms with Crippen LogP contribution < -0.4 is 9.47 Å². The molecule has 1 aliphatic heterocycles. The smallest absolute Gasteiger partial charge is 0.236 e. The van der Waals surface area contributed by atoms with Crippen molar-refractivity contribution in [3.8, 4) is 11.5 Å². The van der Waals surface area contributed by atoms with E-state index in [1.165, 1.54) is 12.1 Å². The first-order valence-corrected chi connectivity index (χ1v) is 7.28. The Morgan fingerprint density at radius 2 is 1.88 bits per heavy atom. The van der Waals surface area contributed by atoms with Gasteiger partial charge in [-0.3, -0.25) is 4.79 Å². The van der Waals surface area contributed by atoms with Gasteiger partial charge in [0.05, 0.1) is 11.3 Å². The van der Waals surface area contributed by atoms with E-state index in [-0.39, 0.29) is 17.3 Å². The third kappa shape index (κ3) is 2.70. The molecular weight excluding hydrogens is 268 g/mol. The second-order valence-corrected chi connectivity index (χ2v) is 6.25. The van der Waals surface area contributed by atoms with E-state index in [4.69, 9.17) is 20.2 Å². The number of carbonyl (C=O) groups excluding carboxylic acids is 1. The van der Waals surface area contributed by atoms with Crippen molar-refractivity contribution in [2.24, 2.45) is 0 Å². The minimum atomic E-state index is -3.68. The summed E-state index contributed by atoms with van der Waals surface area (Å²) >= 11 is 0. The van der Waals surface area contributed by atoms with Crippen LogP contribution in [0.5, 0.6) is 11.5 Å². The number of benzene rings is 1. The lowest BCUT2D eigenvalue weighted by atomic mass is 10.1. The SMILES string of the molecule is O=Cc1ccc(CS(=O)(=O)Cl)c2c1OCCO2. The molecule has 0 radical (unpaired) electrons. The predicted octanol–water partition coefficient (Wildman–Crippen LogP) is 1.34. The van der Waals surface area contributed by atoms with Gasteiger partial charge in [0.1, 0.15) is 13.2 Å². The molecule has 17 heavy (non-hydrogen) atoms. The van der Waals surface area contributed by atoms with E-state index in [1.807, 2.05) is 0 Å². The Balaban J connectivity index is 2.51. The van der Waals surface area contributed by atoms with Crippen molar-refractivity contribution >= 4 is 26.0 Å². The monoisotopic (exact) mass is 276 g/mol. The topological polar surface area (TPSA) is 69.7 Å². The number of carbonyl (C=O) groups is 1. The molecule has 0 spiro atoms. The molecule has 1 aliphatic rings. The normalized spacial score (nSPS) is 14.4. The van der Waals surface area contributed by atoms with Crippen LogP contribution in [-0.2, 0) is 14.8 Å². The molecule has 0 unspecified atom stereocenters. The van der Waals surface area contributed by atoms with Gasteiger partial charge in [0.2, 0.25) is 9.05 Å². The van der Waals surface area contributed by atoms with E-state index >= 15 is 0 Å². The summed E-state index contributed by atoms with van der Waals surface area (Å²) in [5.74, 6) is 0.202. The molecule has 1 aromatic rings. The van der Waals surface area contributed by atoms with Crippen molar-refractivity contribution in [1.29, 1.82) is 0 Å². The highest BCUT2D eigenvalue weighted by atomic mass is 35.7. The zero-order chi connectivity index (χ0) is 12.5. The zero-order valence-electron chi connectivity index (χ0n) is 8.68. The molecule has 5 nitrogen and oxygen atoms in total. The molecule has 92 valence electrons. The lowest BCUT2D eigenvalue weighted by Crippen LogP contribution is -2.18. The molecule has 7 heteroatoms. The minimum absolute atomic E-state index is 0.282. The number of ether oxygens (including phenoxy) is 2. The number of rotatable bonds is 3. The van der Waals surface area contributed by atoms with E-state index < -0.39 is 9.05 Å². The number of fused-ring (bicyclic) bond motifs is 1. The van der Waals surface area contributed by atoms with Crippen molar-refractivity contribution in [2.45, 2.75) is 5.75 Å². The molecule has 0 saturated carbocycles. The maximum atomic E-state index is 11.0. The predicted molar refractivity (Wildman–Crippen MR) is 61.3 cm³/mol. The van der Waals surface area contributed by atoms with Gasteiger partial charge in [-0.2, -0.15) is 0 Å². The van der Waals surface area contributed by atoms with Gasteiger partial charge in [-0.1, -0.05) is 6.07 Å². The summed E-state index contributed by atoms with van der Waals surface area (Å²) in [5.41, 5.74) is 0.718. The number of aldehydes is 1. The van der Waals surface area contributed by atoms with Crippen molar-refractivity contribution in [3.05, 3.63) is 23.3 Å². The summed E-state index contributed by atoms with van der Waals surface area (Å²) in [5, 5.41) is 0. The Kier molecular flexibility index (Phi) is 3.26. The lowest BCUT2D eigenvalue weighted by molar-refractivity contribution is 0.111. The van der Waals surface area contributed by atoms with Crippen LogP contribution in [0.15, 0.2) is 12.1 Å². The van der Waals surface area contributed by atoms with Gasteiger partial charge in [0.15, 0.2) is 17.8 Å². The van der Waals surface area contributed by atoms with Gasteiger partial charge in [0, 0.05) is 16.2 Å². The fourth-order valence-corrected chi connectivity index (χ4v) is 2.56. The fourth-order valence-electron chi connectivity index (χ4n) is 1.61. The zero-order valence-corrected chi connectivity index (χ0v) is 10.3. The van der Waals surface area contributed by atoms with Crippen LogP contribution in [0.1, 0.15) is 15.9 Å². The second kappa shape index (κ2) is 4.54. The Labute approximate surface area is 103 Å². The first kappa shape index (κ1) is 12.2. The average molecular weight is 277 g/mol. The van der Waals surface area contributed by atoms with Crippen LogP contribution in [-0.4, -0.2) is 27.9 Å². The van der Waals surface area contributed by atoms with Crippen LogP contribution in [0.4, 0.5) is 0 Å². The summed E-state index contributed by atoms with van der Waals surface area (Å²) in [4.78, 5) is 10.8. The van der Waals surface area contributed by atoms with E-state index in [0.717, 1.165) is 0 Å². The Bertz CT molecular complexity index is 552. The highest BCUT2D eigenvalue weighted by molar-refractivity contribution is 8.13. The van der Waals surface area contributed by atoms with E-state index in [9.17, 15) is 13.2 Å². The van der Waals surface area contributed by atoms with Crippen molar-refractivity contribution < 1.29 is 22.7 Å². The number of halogens is 1. The van der Waals surface area contributed by atoms with Gasteiger partial charge >= 0.3 is 0 Å². The number of hydrogen-bond acceptors (Lipinski definition) is 5. The highest BCUT2D eigenvalue weighted by Gasteiger charge is 2.22. The fraction of sp³-hybridized carbons (Fsp3) is 0.300. The molecule has 0 saturated heterocycles. The lowest BCUT2D eigenvalue weighted by Gasteiger charge is -2.21. The van der Waals surface area contributed by atoms with Crippen molar-refractivity contribution in [2.75, 3.05) is 13.2 Å². The summed E-state index contributed by atoms with van der Waals surface area (Å²) in [6, 6.07) is 2.98. The molecule has 0 fully saturated rings. The van der Waals surface area contributed by atoms with Crippen LogP contribution >= 0.6 is 10.7 Å². The van der Waals surface area contributed by atoms with E-state index in [2.05, 4.69) is 0 Å². The molecule has 1 aromatic carbocycles. The summed E-state index contributed by atoms with van der Waals surface area (Å²) in [6.07, 6.45) is 0.631. The molecule has 0 amide bonds. The van der Waals surface area contributed by atoms with Gasteiger partial charge in [-0.05, 0) is 6.07 Å². The van der Waals surface area contributed by atoms with E-state index in [1.54, 1.807) is 0 Å². The molecule has 2 rings (SSSR count). The third-order valence-electron chi connectivity index (χ3n) is 2.26. The molecular formula is C10H9ClO5S. The standard InChI is InChI=1S/C10H9ClO5S/c11-17(13,14)6-8-2-1-7(5-12)9-10(8)16-4-3-15-9/h1-2,5H,3-4,6H2. The second-order valence-electron chi connectivity index (χ2n) is 3.47. The van der Waals surface area contributed by atoms with Gasteiger partial charge < -0.3 is 9.47 Å². The summed E-state index contributed by atoms with van der Waals surface area (Å²) in [7, 11) is 1.51. The maximum Gasteiger partial charge on any atom is 0.236 e. The van der Waals surface area contributed by atoms with Gasteiger partial charge in [-0.15, -0.1) is 0 Å². The minimum Gasteiger partial charge on any atom is -0.486 e. The van der Waals surface area contributed by atoms with Crippen LogP contribution in [0.2, 0.25) is 0 Å². The van der Waals surface area contributed by atoms with Crippen molar-refractivity contribution in [3.63, 3.8) is 0 Å². The molecule has 0 N–H and O–H groups in total. The van der Waals surface area contributed by atoms with Crippen LogP contribution in [0.3, 0.4) is 0 Å². The van der Waals surface area contributed by atoms with Crippen LogP contribution in [0, 0.1) is 0 Å². The van der Waals surface area contributed by atoms with Gasteiger partial charge in [-0.25, -0.2) is 8.42 Å². The van der Waals surface area contributed by atoms with E-state index in [0.29, 0.717) is 30.6 Å². The molecule has 0 atom stereocenters. The number of hydrogen-bond donors (Lipinski definition) is 0. The Hall–Kier alpha value is -1.27. The summed E-state index contributed by atoms with van der Waals surface area (Å²) in [6.45, 7) is 0.634. The highest BCUT2D eigenvalue weighted by Crippen LogP contribution is 2.37. The van der Waals surface area contributed by atoms with Crippen molar-refractivity contribution in [1.82, 2.24) is 0 Å². The molecule has 0 bridgehead atoms. The third-order valence-corrected chi connectivity index (χ3v) is 3.24. The average Bonchev–Trinajstić information content (AvgIpc) is 2.28. The first-order chi connectivity index (χ1) is 8.01. The molecule has 1 heterocycles. The molecule has 0 aliphatic carbocycles. The largest absolute Gasteiger partial charge is 0.486 e. The Morgan fingerprint density at radius 3 is 2.47 bits per heavy atom. The maximum absolute atomic E-state index is 11.0. The quantitative estimate of drug-likeness (QED) is 0.615. The first-order valence-electron chi connectivity index (χ1n) is 4.80. The Morgan fingerprint density at radius 1 is 1.24 bits per heavy atom.